The standard InChI is InChI=1S/C13H19N.2C2H6/c1-4-6-8-12-9-10-14-11(3)13(12)7-5-2;2*1-2/h5,7,9-10H,4,6,8H2,1-3H3;2*1-2H3/b7-5-;;. The topological polar surface area (TPSA) is 12.9 Å². The molecule has 1 rings (SSSR count). The quantitative estimate of drug-likeness (QED) is 0.655. The number of nitrogens with zero attached hydrogens (tertiary/aromatic N) is 1. The maximum absolute atomic E-state index is 4.32. The van der Waals surface area contributed by atoms with Crippen LogP contribution in [0.3, 0.4) is 0 Å². The third kappa shape index (κ3) is 7.26. The second-order valence-corrected chi connectivity index (χ2v) is 3.57. The average molecular weight is 249 g/mol. The van der Waals surface area contributed by atoms with Crippen LogP contribution in [-0.4, -0.2) is 4.98 Å². The summed E-state index contributed by atoms with van der Waals surface area (Å²) < 4.78 is 0. The first-order valence-electron chi connectivity index (χ1n) is 7.36. The van der Waals surface area contributed by atoms with Crippen molar-refractivity contribution in [2.45, 2.75) is 67.7 Å². The monoisotopic (exact) mass is 249 g/mol. The molecule has 0 radical (unpaired) electrons. The van der Waals surface area contributed by atoms with Crippen LogP contribution < -0.4 is 0 Å². The molecule has 104 valence electrons. The Morgan fingerprint density at radius 3 is 2.28 bits per heavy atom. The van der Waals surface area contributed by atoms with Crippen molar-refractivity contribution in [1.29, 1.82) is 0 Å². The molecule has 0 saturated carbocycles. The van der Waals surface area contributed by atoms with Crippen molar-refractivity contribution < 1.29 is 0 Å². The van der Waals surface area contributed by atoms with Crippen LogP contribution in [0.4, 0.5) is 0 Å². The molecule has 0 atom stereocenters. The number of aryl methyl sites for hydroxylation is 2. The fraction of sp³-hybridized carbons (Fsp3) is 0.588. The van der Waals surface area contributed by atoms with Crippen molar-refractivity contribution in [3.05, 3.63) is 35.2 Å². The average Bonchev–Trinajstić information content (AvgIpc) is 2.44. The highest BCUT2D eigenvalue weighted by atomic mass is 14.7. The minimum atomic E-state index is 1.14. The summed E-state index contributed by atoms with van der Waals surface area (Å²) in [4.78, 5) is 4.32. The van der Waals surface area contributed by atoms with E-state index in [2.05, 4.69) is 44.0 Å². The van der Waals surface area contributed by atoms with Gasteiger partial charge in [-0.2, -0.15) is 0 Å². The smallest absolute Gasteiger partial charge is 0.0447 e. The number of pyridine rings is 1. The van der Waals surface area contributed by atoms with E-state index in [0.29, 0.717) is 0 Å². The largest absolute Gasteiger partial charge is 0.261 e. The Morgan fingerprint density at radius 1 is 1.17 bits per heavy atom. The van der Waals surface area contributed by atoms with Gasteiger partial charge in [0.2, 0.25) is 0 Å². The van der Waals surface area contributed by atoms with Crippen LogP contribution in [0, 0.1) is 6.92 Å². The van der Waals surface area contributed by atoms with Crippen molar-refractivity contribution in [2.75, 3.05) is 0 Å². The Balaban J connectivity index is 0. The fourth-order valence-corrected chi connectivity index (χ4v) is 1.61. The van der Waals surface area contributed by atoms with E-state index >= 15 is 0 Å². The third-order valence-corrected chi connectivity index (χ3v) is 2.41. The lowest BCUT2D eigenvalue weighted by molar-refractivity contribution is 0.791. The number of hydrogen-bond donors (Lipinski definition) is 0. The number of rotatable bonds is 4. The first-order valence-corrected chi connectivity index (χ1v) is 7.36. The third-order valence-electron chi connectivity index (χ3n) is 2.41. The molecule has 0 amide bonds. The zero-order valence-corrected chi connectivity index (χ0v) is 13.4. The Kier molecular flexibility index (Phi) is 14.9. The molecule has 0 fully saturated rings. The summed E-state index contributed by atoms with van der Waals surface area (Å²) in [5.41, 5.74) is 3.87. The van der Waals surface area contributed by atoms with E-state index in [-0.39, 0.29) is 0 Å². The number of unbranched alkanes of at least 4 members (excludes halogenated alkanes) is 1. The molecule has 1 aromatic rings. The van der Waals surface area contributed by atoms with Gasteiger partial charge in [-0.3, -0.25) is 4.98 Å². The summed E-state index contributed by atoms with van der Waals surface area (Å²) >= 11 is 0. The van der Waals surface area contributed by atoms with E-state index in [0.717, 1.165) is 5.69 Å². The number of aromatic nitrogens is 1. The Morgan fingerprint density at radius 2 is 1.78 bits per heavy atom. The molecular weight excluding hydrogens is 218 g/mol. The molecule has 1 aromatic heterocycles. The van der Waals surface area contributed by atoms with Crippen LogP contribution in [0.2, 0.25) is 0 Å². The highest BCUT2D eigenvalue weighted by Gasteiger charge is 2.02. The molecule has 0 aromatic carbocycles. The molecule has 18 heavy (non-hydrogen) atoms. The first-order chi connectivity index (χ1) is 8.79. The Hall–Kier alpha value is -1.11. The SMILES string of the molecule is C/C=C\c1c(CCCC)ccnc1C.CC.CC. The van der Waals surface area contributed by atoms with E-state index in [1.165, 1.54) is 30.4 Å². The van der Waals surface area contributed by atoms with Gasteiger partial charge in [0, 0.05) is 11.9 Å². The van der Waals surface area contributed by atoms with E-state index in [4.69, 9.17) is 0 Å². The number of hydrogen-bond acceptors (Lipinski definition) is 1. The first kappa shape index (κ1) is 19.2. The van der Waals surface area contributed by atoms with Gasteiger partial charge in [-0.15, -0.1) is 0 Å². The maximum Gasteiger partial charge on any atom is 0.0447 e. The second-order valence-electron chi connectivity index (χ2n) is 3.57. The zero-order chi connectivity index (χ0) is 14.4. The second kappa shape index (κ2) is 14.0. The van der Waals surface area contributed by atoms with Crippen LogP contribution in [0.1, 0.15) is 71.2 Å². The van der Waals surface area contributed by atoms with Gasteiger partial charge in [0.05, 0.1) is 0 Å². The van der Waals surface area contributed by atoms with Crippen LogP contribution >= 0.6 is 0 Å². The number of allylic oxidation sites excluding steroid dienone is 1. The van der Waals surface area contributed by atoms with E-state index in [1.807, 2.05) is 33.9 Å². The van der Waals surface area contributed by atoms with Crippen molar-refractivity contribution in [1.82, 2.24) is 4.98 Å². The predicted molar refractivity (Wildman–Crippen MR) is 85.0 cm³/mol. The van der Waals surface area contributed by atoms with Gasteiger partial charge < -0.3 is 0 Å². The molecule has 0 N–H and O–H groups in total. The Bertz CT molecular complexity index is 313. The summed E-state index contributed by atoms with van der Waals surface area (Å²) in [5.74, 6) is 0. The van der Waals surface area contributed by atoms with Gasteiger partial charge >= 0.3 is 0 Å². The lowest BCUT2D eigenvalue weighted by Crippen LogP contribution is -1.94. The summed E-state index contributed by atoms with van der Waals surface area (Å²) in [6.07, 6.45) is 9.82. The summed E-state index contributed by atoms with van der Waals surface area (Å²) in [5, 5.41) is 0. The highest BCUT2D eigenvalue weighted by Crippen LogP contribution is 2.16. The molecule has 0 unspecified atom stereocenters. The maximum atomic E-state index is 4.32. The summed E-state index contributed by atoms with van der Waals surface area (Å²) in [6.45, 7) is 14.4. The molecule has 0 aliphatic rings. The zero-order valence-electron chi connectivity index (χ0n) is 13.4. The lowest BCUT2D eigenvalue weighted by atomic mass is 10.0. The summed E-state index contributed by atoms with van der Waals surface area (Å²) in [7, 11) is 0. The molecule has 0 aliphatic carbocycles. The molecule has 0 aliphatic heterocycles. The van der Waals surface area contributed by atoms with Gasteiger partial charge in [0.1, 0.15) is 0 Å². The molecule has 1 heterocycles. The minimum Gasteiger partial charge on any atom is -0.261 e. The van der Waals surface area contributed by atoms with E-state index < -0.39 is 0 Å². The highest BCUT2D eigenvalue weighted by molar-refractivity contribution is 5.55. The summed E-state index contributed by atoms with van der Waals surface area (Å²) in [6, 6.07) is 2.14. The molecule has 0 bridgehead atoms. The van der Waals surface area contributed by atoms with Crippen LogP contribution in [-0.2, 0) is 6.42 Å². The molecule has 1 heteroatoms. The van der Waals surface area contributed by atoms with Crippen molar-refractivity contribution >= 4 is 6.08 Å². The van der Waals surface area contributed by atoms with E-state index in [9.17, 15) is 0 Å². The molecular formula is C17H31N. The Labute approximate surface area is 114 Å². The molecule has 0 saturated heterocycles. The normalized spacial score (nSPS) is 9.28. The fourth-order valence-electron chi connectivity index (χ4n) is 1.61. The van der Waals surface area contributed by atoms with Crippen LogP contribution in [0.5, 0.6) is 0 Å². The van der Waals surface area contributed by atoms with Gasteiger partial charge in [-0.1, -0.05) is 53.2 Å². The van der Waals surface area contributed by atoms with Crippen molar-refractivity contribution in [2.24, 2.45) is 0 Å². The van der Waals surface area contributed by atoms with Gasteiger partial charge in [-0.25, -0.2) is 0 Å². The molecule has 1 nitrogen and oxygen atoms in total. The predicted octanol–water partition coefficient (Wildman–Crippen LogP) is 5.82. The van der Waals surface area contributed by atoms with Gasteiger partial charge in [-0.05, 0) is 43.9 Å². The van der Waals surface area contributed by atoms with Gasteiger partial charge in [0.25, 0.3) is 0 Å². The minimum absolute atomic E-state index is 1.14. The van der Waals surface area contributed by atoms with Gasteiger partial charge in [0.15, 0.2) is 0 Å². The lowest BCUT2D eigenvalue weighted by Gasteiger charge is -2.07. The van der Waals surface area contributed by atoms with Crippen molar-refractivity contribution in [3.63, 3.8) is 0 Å². The van der Waals surface area contributed by atoms with Crippen LogP contribution in [0.25, 0.3) is 6.08 Å². The van der Waals surface area contributed by atoms with Crippen LogP contribution in [0.15, 0.2) is 18.3 Å². The molecule has 0 spiro atoms. The van der Waals surface area contributed by atoms with Crippen molar-refractivity contribution in [3.8, 4) is 0 Å². The van der Waals surface area contributed by atoms with E-state index in [1.54, 1.807) is 0 Å².